The maximum atomic E-state index is 12.8. The summed E-state index contributed by atoms with van der Waals surface area (Å²) in [4.78, 5) is 25.9. The van der Waals surface area contributed by atoms with Crippen molar-refractivity contribution in [2.75, 3.05) is 5.32 Å². The molecule has 0 aliphatic carbocycles. The van der Waals surface area contributed by atoms with E-state index in [0.29, 0.717) is 22.4 Å². The molecule has 5 heteroatoms. The van der Waals surface area contributed by atoms with Crippen LogP contribution in [0.4, 0.5) is 5.69 Å². The van der Waals surface area contributed by atoms with Crippen LogP contribution in [0.1, 0.15) is 33.2 Å². The van der Waals surface area contributed by atoms with E-state index in [-0.39, 0.29) is 11.7 Å². The molecule has 0 unspecified atom stereocenters. The summed E-state index contributed by atoms with van der Waals surface area (Å²) in [6, 6.07) is 23.5. The Morgan fingerprint density at radius 2 is 1.63 bits per heavy atom. The van der Waals surface area contributed by atoms with Crippen molar-refractivity contribution in [1.82, 2.24) is 0 Å². The second-order valence-electron chi connectivity index (χ2n) is 5.80. The van der Waals surface area contributed by atoms with Crippen molar-refractivity contribution in [2.45, 2.75) is 16.7 Å². The molecule has 4 nitrogen and oxygen atoms in total. The van der Waals surface area contributed by atoms with Gasteiger partial charge in [0.1, 0.15) is 6.07 Å². The van der Waals surface area contributed by atoms with Crippen LogP contribution < -0.4 is 5.32 Å². The molecule has 0 fully saturated rings. The fourth-order valence-electron chi connectivity index (χ4n) is 2.52. The molecule has 3 aromatic rings. The molecule has 3 rings (SSSR count). The van der Waals surface area contributed by atoms with Gasteiger partial charge in [-0.25, -0.2) is 0 Å². The molecule has 0 bridgehead atoms. The van der Waals surface area contributed by atoms with Gasteiger partial charge in [-0.2, -0.15) is 5.26 Å². The Labute approximate surface area is 161 Å². The van der Waals surface area contributed by atoms with Crippen molar-refractivity contribution in [3.05, 3.63) is 89.5 Å². The molecule has 3 aromatic carbocycles. The molecular formula is C22H16N2O2S. The number of benzene rings is 3. The van der Waals surface area contributed by atoms with E-state index in [1.165, 1.54) is 18.7 Å². The van der Waals surface area contributed by atoms with Gasteiger partial charge in [-0.15, -0.1) is 0 Å². The third kappa shape index (κ3) is 4.43. The average Bonchev–Trinajstić information content (AvgIpc) is 2.69. The number of hydrogen-bond donors (Lipinski definition) is 1. The predicted octanol–water partition coefficient (Wildman–Crippen LogP) is 5.16. The molecule has 1 N–H and O–H groups in total. The quantitative estimate of drug-likeness (QED) is 0.628. The number of nitrogens with zero attached hydrogens (tertiary/aromatic N) is 1. The highest BCUT2D eigenvalue weighted by molar-refractivity contribution is 7.99. The normalized spacial score (nSPS) is 10.1. The monoisotopic (exact) mass is 372 g/mol. The Balaban J connectivity index is 1.87. The minimum Gasteiger partial charge on any atom is -0.322 e. The number of Topliss-reactive ketones (excluding diaryl/α,β-unsaturated/α-hetero) is 1. The SMILES string of the molecule is CC(=O)c1cccc(NC(=O)c2ccccc2Sc2ccccc2C#N)c1. The maximum absolute atomic E-state index is 12.8. The van der Waals surface area contributed by atoms with Gasteiger partial charge in [-0.3, -0.25) is 9.59 Å². The van der Waals surface area contributed by atoms with E-state index in [1.54, 1.807) is 42.5 Å². The van der Waals surface area contributed by atoms with Crippen LogP contribution in [0.2, 0.25) is 0 Å². The predicted molar refractivity (Wildman–Crippen MR) is 106 cm³/mol. The van der Waals surface area contributed by atoms with Crippen LogP contribution in [0, 0.1) is 11.3 Å². The highest BCUT2D eigenvalue weighted by atomic mass is 32.2. The van der Waals surface area contributed by atoms with Gasteiger partial charge in [-0.05, 0) is 43.3 Å². The molecule has 0 spiro atoms. The average molecular weight is 372 g/mol. The number of carbonyl (C=O) groups is 2. The summed E-state index contributed by atoms with van der Waals surface area (Å²) in [6.45, 7) is 1.49. The number of nitriles is 1. The molecule has 0 saturated carbocycles. The second kappa shape index (κ2) is 8.35. The Morgan fingerprint density at radius 1 is 0.926 bits per heavy atom. The van der Waals surface area contributed by atoms with E-state index in [4.69, 9.17) is 0 Å². The van der Waals surface area contributed by atoms with E-state index in [9.17, 15) is 14.9 Å². The minimum absolute atomic E-state index is 0.0600. The van der Waals surface area contributed by atoms with Crippen LogP contribution in [-0.2, 0) is 0 Å². The lowest BCUT2D eigenvalue weighted by molar-refractivity contribution is 0.101. The standard InChI is InChI=1S/C22H16N2O2S/c1-15(25)16-8-6-9-18(13-16)24-22(26)19-10-3-5-12-21(19)27-20-11-4-2-7-17(20)14-23/h2-13H,1H3,(H,24,26). The first-order valence-corrected chi connectivity index (χ1v) is 9.08. The molecule has 0 aliphatic heterocycles. The zero-order valence-electron chi connectivity index (χ0n) is 14.6. The Bertz CT molecular complexity index is 1050. The van der Waals surface area contributed by atoms with E-state index >= 15 is 0 Å². The Kier molecular flexibility index (Phi) is 5.70. The summed E-state index contributed by atoms with van der Waals surface area (Å²) in [5.41, 5.74) is 2.17. The van der Waals surface area contributed by atoms with Crippen molar-refractivity contribution in [1.29, 1.82) is 5.26 Å². The first-order chi connectivity index (χ1) is 13.1. The zero-order valence-corrected chi connectivity index (χ0v) is 15.4. The summed E-state index contributed by atoms with van der Waals surface area (Å²) < 4.78 is 0. The van der Waals surface area contributed by atoms with Gasteiger partial charge in [0.2, 0.25) is 0 Å². The summed E-state index contributed by atoms with van der Waals surface area (Å²) in [5.74, 6) is -0.330. The number of hydrogen-bond acceptors (Lipinski definition) is 4. The summed E-state index contributed by atoms with van der Waals surface area (Å²) in [5, 5.41) is 12.1. The van der Waals surface area contributed by atoms with E-state index in [2.05, 4.69) is 11.4 Å². The zero-order chi connectivity index (χ0) is 19.2. The Hall–Kier alpha value is -3.36. The number of rotatable bonds is 5. The summed E-state index contributed by atoms with van der Waals surface area (Å²) in [7, 11) is 0. The van der Waals surface area contributed by atoms with Gasteiger partial charge in [0.05, 0.1) is 11.1 Å². The van der Waals surface area contributed by atoms with Crippen molar-refractivity contribution < 1.29 is 9.59 Å². The molecule has 0 heterocycles. The minimum atomic E-state index is -0.270. The van der Waals surface area contributed by atoms with Crippen LogP contribution >= 0.6 is 11.8 Å². The lowest BCUT2D eigenvalue weighted by Crippen LogP contribution is -2.13. The van der Waals surface area contributed by atoms with Crippen molar-refractivity contribution in [3.63, 3.8) is 0 Å². The molecule has 1 amide bonds. The second-order valence-corrected chi connectivity index (χ2v) is 6.88. The molecule has 0 saturated heterocycles. The molecule has 0 radical (unpaired) electrons. The largest absolute Gasteiger partial charge is 0.322 e. The molecule has 27 heavy (non-hydrogen) atoms. The lowest BCUT2D eigenvalue weighted by atomic mass is 10.1. The number of anilines is 1. The van der Waals surface area contributed by atoms with Crippen LogP contribution in [0.5, 0.6) is 0 Å². The van der Waals surface area contributed by atoms with Crippen molar-refractivity contribution >= 4 is 29.1 Å². The number of ketones is 1. The van der Waals surface area contributed by atoms with Crippen molar-refractivity contribution in [2.24, 2.45) is 0 Å². The Morgan fingerprint density at radius 3 is 2.37 bits per heavy atom. The topological polar surface area (TPSA) is 70.0 Å². The van der Waals surface area contributed by atoms with Gasteiger partial charge in [-0.1, -0.05) is 48.2 Å². The highest BCUT2D eigenvalue weighted by Crippen LogP contribution is 2.32. The highest BCUT2D eigenvalue weighted by Gasteiger charge is 2.14. The van der Waals surface area contributed by atoms with Crippen LogP contribution in [0.3, 0.4) is 0 Å². The summed E-state index contributed by atoms with van der Waals surface area (Å²) >= 11 is 1.37. The van der Waals surface area contributed by atoms with Crippen molar-refractivity contribution in [3.8, 4) is 6.07 Å². The van der Waals surface area contributed by atoms with Gasteiger partial charge >= 0.3 is 0 Å². The number of amides is 1. The third-order valence-corrected chi connectivity index (χ3v) is 5.04. The van der Waals surface area contributed by atoms with Crippen LogP contribution in [-0.4, -0.2) is 11.7 Å². The van der Waals surface area contributed by atoms with E-state index in [1.807, 2.05) is 30.3 Å². The van der Waals surface area contributed by atoms with Gasteiger partial charge in [0.25, 0.3) is 5.91 Å². The smallest absolute Gasteiger partial charge is 0.256 e. The lowest BCUT2D eigenvalue weighted by Gasteiger charge is -2.11. The maximum Gasteiger partial charge on any atom is 0.256 e. The first kappa shape index (κ1) is 18.4. The summed E-state index contributed by atoms with van der Waals surface area (Å²) in [6.07, 6.45) is 0. The molecule has 0 atom stereocenters. The molecular weight excluding hydrogens is 356 g/mol. The number of nitrogens with one attached hydrogen (secondary N) is 1. The first-order valence-electron chi connectivity index (χ1n) is 8.27. The van der Waals surface area contributed by atoms with Crippen LogP contribution in [0.25, 0.3) is 0 Å². The molecule has 132 valence electrons. The van der Waals surface area contributed by atoms with E-state index < -0.39 is 0 Å². The number of carbonyl (C=O) groups excluding carboxylic acids is 2. The van der Waals surface area contributed by atoms with Gasteiger partial charge in [0.15, 0.2) is 5.78 Å². The fourth-order valence-corrected chi connectivity index (χ4v) is 3.55. The molecule has 0 aliphatic rings. The fraction of sp³-hybridized carbons (Fsp3) is 0.0455. The third-order valence-electron chi connectivity index (χ3n) is 3.89. The van der Waals surface area contributed by atoms with Crippen LogP contribution in [0.15, 0.2) is 82.6 Å². The molecule has 0 aromatic heterocycles. The van der Waals surface area contributed by atoms with Gasteiger partial charge < -0.3 is 5.32 Å². The van der Waals surface area contributed by atoms with Gasteiger partial charge in [0, 0.05) is 21.0 Å². The van der Waals surface area contributed by atoms with E-state index in [0.717, 1.165) is 9.79 Å².